The van der Waals surface area contributed by atoms with Gasteiger partial charge in [0.15, 0.2) is 10.9 Å². The fourth-order valence-corrected chi connectivity index (χ4v) is 2.89. The number of nitrogens with zero attached hydrogens (tertiary/aromatic N) is 1. The van der Waals surface area contributed by atoms with E-state index in [0.29, 0.717) is 11.3 Å². The Morgan fingerprint density at radius 2 is 1.80 bits per heavy atom. The number of nitrogens with one attached hydrogen (secondary N) is 3. The van der Waals surface area contributed by atoms with Gasteiger partial charge in [0.2, 0.25) is 3.79 Å². The maximum absolute atomic E-state index is 12.5. The van der Waals surface area contributed by atoms with Crippen molar-refractivity contribution >= 4 is 69.4 Å². The van der Waals surface area contributed by atoms with E-state index < -0.39 is 20.8 Å². The Labute approximate surface area is 193 Å². The van der Waals surface area contributed by atoms with Crippen molar-refractivity contribution in [2.24, 2.45) is 0 Å². The second kappa shape index (κ2) is 10.1. The summed E-state index contributed by atoms with van der Waals surface area (Å²) in [5.74, 6) is -0.393. The molecule has 12 heteroatoms. The van der Waals surface area contributed by atoms with E-state index >= 15 is 0 Å². The molecule has 8 nitrogen and oxygen atoms in total. The molecular formula is C18H17Cl3N4O4S. The molecule has 0 aliphatic rings. The van der Waals surface area contributed by atoms with E-state index in [0.717, 1.165) is 5.56 Å². The average Bonchev–Trinajstić information content (AvgIpc) is 2.67. The predicted octanol–water partition coefficient (Wildman–Crippen LogP) is 4.32. The third-order valence-corrected chi connectivity index (χ3v) is 4.70. The zero-order chi connectivity index (χ0) is 22.5. The minimum Gasteiger partial charge on any atom is -0.490 e. The van der Waals surface area contributed by atoms with E-state index in [1.807, 2.05) is 6.92 Å². The minimum absolute atomic E-state index is 0.0324. The summed E-state index contributed by atoms with van der Waals surface area (Å²) in [6.45, 7) is 1.89. The van der Waals surface area contributed by atoms with Gasteiger partial charge >= 0.3 is 5.69 Å². The number of rotatable bonds is 6. The van der Waals surface area contributed by atoms with Crippen molar-refractivity contribution in [1.82, 2.24) is 10.6 Å². The van der Waals surface area contributed by atoms with Crippen LogP contribution in [-0.2, 0) is 0 Å². The highest BCUT2D eigenvalue weighted by atomic mass is 35.6. The third-order valence-electron chi connectivity index (χ3n) is 3.83. The molecule has 2 aromatic rings. The van der Waals surface area contributed by atoms with Crippen LogP contribution in [0.5, 0.6) is 5.75 Å². The first-order chi connectivity index (χ1) is 14.0. The summed E-state index contributed by atoms with van der Waals surface area (Å²) < 4.78 is 3.00. The van der Waals surface area contributed by atoms with Gasteiger partial charge in [-0.2, -0.15) is 0 Å². The van der Waals surface area contributed by atoms with Crippen molar-refractivity contribution in [2.45, 2.75) is 16.9 Å². The number of nitro groups is 1. The number of carbonyl (C=O) groups excluding carboxylic acids is 1. The number of anilines is 1. The first kappa shape index (κ1) is 23.9. The number of hydrogen-bond donors (Lipinski definition) is 3. The molecule has 0 heterocycles. The zero-order valence-electron chi connectivity index (χ0n) is 15.7. The maximum atomic E-state index is 12.5. The van der Waals surface area contributed by atoms with Gasteiger partial charge in [-0.15, -0.1) is 0 Å². The van der Waals surface area contributed by atoms with Gasteiger partial charge in [-0.1, -0.05) is 52.5 Å². The van der Waals surface area contributed by atoms with Crippen LogP contribution in [0.2, 0.25) is 0 Å². The summed E-state index contributed by atoms with van der Waals surface area (Å²) >= 11 is 23.1. The molecule has 2 aromatic carbocycles. The molecule has 1 atom stereocenters. The van der Waals surface area contributed by atoms with Crippen LogP contribution < -0.4 is 20.7 Å². The second-order valence-electron chi connectivity index (χ2n) is 6.06. The average molecular weight is 492 g/mol. The highest BCUT2D eigenvalue weighted by molar-refractivity contribution is 7.80. The number of amides is 1. The number of benzene rings is 2. The first-order valence-electron chi connectivity index (χ1n) is 8.35. The summed E-state index contributed by atoms with van der Waals surface area (Å²) in [4.78, 5) is 23.0. The molecule has 0 aromatic heterocycles. The molecule has 0 radical (unpaired) electrons. The fourth-order valence-electron chi connectivity index (χ4n) is 2.33. The number of methoxy groups -OCH3 is 1. The molecule has 30 heavy (non-hydrogen) atoms. The van der Waals surface area contributed by atoms with E-state index in [1.54, 1.807) is 24.3 Å². The first-order valence-corrected chi connectivity index (χ1v) is 9.89. The summed E-state index contributed by atoms with van der Waals surface area (Å²) in [6.07, 6.45) is -1.19. The van der Waals surface area contributed by atoms with Crippen LogP contribution in [0.4, 0.5) is 11.4 Å². The largest absolute Gasteiger partial charge is 0.490 e. The summed E-state index contributed by atoms with van der Waals surface area (Å²) in [5.41, 5.74) is 1.40. The van der Waals surface area contributed by atoms with E-state index in [1.165, 1.54) is 25.3 Å². The Morgan fingerprint density at radius 3 is 2.33 bits per heavy atom. The number of thiocarbonyl (C=S) groups is 1. The standard InChI is InChI=1S/C18H17Cl3N4O4S/c1-10-3-5-11(6-4-10)15(26)23-16(18(19,20)21)24-17(30)22-12-7-8-14(29-2)13(9-12)25(27)28/h3-9,16H,1-2H3,(H,23,26)(H2,22,24,30)/t16-/m0/s1. The molecule has 0 aliphatic heterocycles. The van der Waals surface area contributed by atoms with Crippen LogP contribution in [0.25, 0.3) is 0 Å². The molecule has 2 rings (SSSR count). The van der Waals surface area contributed by atoms with Crippen molar-refractivity contribution in [1.29, 1.82) is 0 Å². The Balaban J connectivity index is 2.12. The van der Waals surface area contributed by atoms with Gasteiger partial charge in [-0.05, 0) is 43.4 Å². The van der Waals surface area contributed by atoms with E-state index in [9.17, 15) is 14.9 Å². The van der Waals surface area contributed by atoms with Gasteiger partial charge < -0.3 is 20.7 Å². The van der Waals surface area contributed by atoms with Crippen LogP contribution in [0.1, 0.15) is 15.9 Å². The fraction of sp³-hybridized carbons (Fsp3) is 0.222. The minimum atomic E-state index is -1.95. The van der Waals surface area contributed by atoms with Gasteiger partial charge in [-0.3, -0.25) is 14.9 Å². The molecule has 0 fully saturated rings. The van der Waals surface area contributed by atoms with Crippen molar-refractivity contribution in [3.63, 3.8) is 0 Å². The van der Waals surface area contributed by atoms with Crippen LogP contribution in [0.3, 0.4) is 0 Å². The molecule has 0 saturated heterocycles. The Morgan fingerprint density at radius 1 is 1.17 bits per heavy atom. The smallest absolute Gasteiger partial charge is 0.312 e. The number of carbonyl (C=O) groups is 1. The van der Waals surface area contributed by atoms with Crippen molar-refractivity contribution in [2.75, 3.05) is 12.4 Å². The number of alkyl halides is 3. The number of nitro benzene ring substituents is 1. The Kier molecular flexibility index (Phi) is 8.08. The summed E-state index contributed by atoms with van der Waals surface area (Å²) in [6, 6.07) is 11.0. The van der Waals surface area contributed by atoms with Crippen LogP contribution >= 0.6 is 47.0 Å². The van der Waals surface area contributed by atoms with E-state index in [4.69, 9.17) is 51.8 Å². The molecule has 1 amide bonds. The molecule has 3 N–H and O–H groups in total. The highest BCUT2D eigenvalue weighted by Crippen LogP contribution is 2.31. The van der Waals surface area contributed by atoms with Gasteiger partial charge in [0.25, 0.3) is 5.91 Å². The Hall–Kier alpha value is -2.33. The summed E-state index contributed by atoms with van der Waals surface area (Å²) in [7, 11) is 1.32. The molecule has 0 bridgehead atoms. The lowest BCUT2D eigenvalue weighted by Crippen LogP contribution is -2.56. The molecular weight excluding hydrogens is 475 g/mol. The predicted molar refractivity (Wildman–Crippen MR) is 122 cm³/mol. The van der Waals surface area contributed by atoms with Crippen LogP contribution in [0.15, 0.2) is 42.5 Å². The number of hydrogen-bond acceptors (Lipinski definition) is 5. The molecule has 0 spiro atoms. The summed E-state index contributed by atoms with van der Waals surface area (Å²) in [5, 5.41) is 19.1. The second-order valence-corrected chi connectivity index (χ2v) is 8.83. The van der Waals surface area contributed by atoms with Gasteiger partial charge in [-0.25, -0.2) is 0 Å². The lowest BCUT2D eigenvalue weighted by molar-refractivity contribution is -0.385. The number of aryl methyl sites for hydroxylation is 1. The normalized spacial score (nSPS) is 11.9. The van der Waals surface area contributed by atoms with Gasteiger partial charge in [0.05, 0.1) is 12.0 Å². The number of ether oxygens (including phenoxy) is 1. The molecule has 0 saturated carbocycles. The third kappa shape index (κ3) is 6.60. The molecule has 0 aliphatic carbocycles. The topological polar surface area (TPSA) is 106 Å². The molecule has 0 unspecified atom stereocenters. The van der Waals surface area contributed by atoms with Crippen molar-refractivity contribution < 1.29 is 14.5 Å². The quantitative estimate of drug-likeness (QED) is 0.182. The number of halogens is 3. The monoisotopic (exact) mass is 490 g/mol. The zero-order valence-corrected chi connectivity index (χ0v) is 18.8. The SMILES string of the molecule is COc1ccc(NC(=S)N[C@H](NC(=O)c2ccc(C)cc2)C(Cl)(Cl)Cl)cc1[N+](=O)[O-]. The van der Waals surface area contributed by atoms with Crippen molar-refractivity contribution in [3.8, 4) is 5.75 Å². The maximum Gasteiger partial charge on any atom is 0.312 e. The van der Waals surface area contributed by atoms with Crippen LogP contribution in [0, 0.1) is 17.0 Å². The Bertz CT molecular complexity index is 951. The van der Waals surface area contributed by atoms with E-state index in [-0.39, 0.29) is 16.5 Å². The lowest BCUT2D eigenvalue weighted by atomic mass is 10.1. The van der Waals surface area contributed by atoms with Gasteiger partial charge in [0.1, 0.15) is 6.17 Å². The van der Waals surface area contributed by atoms with Crippen LogP contribution in [-0.4, -0.2) is 33.0 Å². The van der Waals surface area contributed by atoms with E-state index in [2.05, 4.69) is 16.0 Å². The highest BCUT2D eigenvalue weighted by Gasteiger charge is 2.35. The van der Waals surface area contributed by atoms with Gasteiger partial charge in [0, 0.05) is 17.3 Å². The van der Waals surface area contributed by atoms with Crippen molar-refractivity contribution in [3.05, 3.63) is 63.7 Å². The lowest BCUT2D eigenvalue weighted by Gasteiger charge is -2.27. The molecule has 160 valence electrons.